The molecule has 10 rings (SSSR count). The van der Waals surface area contributed by atoms with Crippen LogP contribution in [0.5, 0.6) is 0 Å². The standard InChI is InChI=1S/C74H102N4O3S4/c1-7-13-19-23-25-27-29-31-35-45-55-57(49-79)82-71-65-69(84-67(55)71)59-61-62(78-73(75-61)53-43-37-38-44-54(53)74(78)81)60-64(63(59)76(65)47-51(39-17-11-5)41-33-21-15-9-3)77(48-52(40-18-12-6)42-34-22-16-10-4)66-70(60)85-68-56(58(50-80)83-72(66)68)46-36-32-30-28-26-24-20-14-8-2/h37-38,43-44,49-52H,7-36,39-42,45-48H2,1-6H3. The molecule has 0 N–H and O–H groups in total. The fourth-order valence-electron chi connectivity index (χ4n) is 14.8. The summed E-state index contributed by atoms with van der Waals surface area (Å²) in [5.74, 6) is 1.70. The number of fused-ring (bicyclic) bond motifs is 18. The average Bonchev–Trinajstić information content (AvgIpc) is 1.51. The second-order valence-electron chi connectivity index (χ2n) is 25.9. The summed E-state index contributed by atoms with van der Waals surface area (Å²) in [5, 5.41) is 2.34. The van der Waals surface area contributed by atoms with E-state index in [1.807, 2.05) is 39.4 Å². The van der Waals surface area contributed by atoms with Crippen molar-refractivity contribution >= 4 is 136 Å². The van der Waals surface area contributed by atoms with Gasteiger partial charge in [0.1, 0.15) is 11.3 Å². The van der Waals surface area contributed by atoms with Crippen LogP contribution in [0.3, 0.4) is 0 Å². The van der Waals surface area contributed by atoms with E-state index < -0.39 is 0 Å². The molecule has 460 valence electrons. The van der Waals surface area contributed by atoms with Crippen molar-refractivity contribution in [3.63, 3.8) is 0 Å². The number of unbranched alkanes of at least 4 members (excludes halogenated alkanes) is 24. The lowest BCUT2D eigenvalue weighted by atomic mass is 9.94. The number of rotatable bonds is 42. The lowest BCUT2D eigenvalue weighted by Gasteiger charge is -2.22. The van der Waals surface area contributed by atoms with Gasteiger partial charge in [-0.05, 0) is 80.4 Å². The van der Waals surface area contributed by atoms with Gasteiger partial charge in [-0.1, -0.05) is 240 Å². The lowest BCUT2D eigenvalue weighted by Crippen LogP contribution is -2.14. The highest BCUT2D eigenvalue weighted by Gasteiger charge is 2.38. The molecule has 0 spiro atoms. The normalized spacial score (nSPS) is 13.5. The van der Waals surface area contributed by atoms with Crippen LogP contribution in [0.1, 0.15) is 301 Å². The number of benzene rings is 2. The van der Waals surface area contributed by atoms with Crippen molar-refractivity contribution in [2.45, 2.75) is 286 Å². The Kier molecular flexibility index (Phi) is 23.5. The number of aryl methyl sites for hydroxylation is 2. The van der Waals surface area contributed by atoms with Crippen LogP contribution in [0, 0.1) is 11.8 Å². The van der Waals surface area contributed by atoms with Crippen LogP contribution < -0.4 is 0 Å². The van der Waals surface area contributed by atoms with E-state index >= 15 is 4.79 Å². The zero-order valence-electron chi connectivity index (χ0n) is 53.1. The van der Waals surface area contributed by atoms with Crippen LogP contribution in [-0.2, 0) is 25.9 Å². The third-order valence-electron chi connectivity index (χ3n) is 19.5. The molecular formula is C74H102N4O3S4. The number of hydrogen-bond acceptors (Lipinski definition) is 8. The Labute approximate surface area is 525 Å². The molecule has 9 aromatic rings. The zero-order chi connectivity index (χ0) is 59.2. The Bertz CT molecular complexity index is 3660. The molecule has 0 saturated heterocycles. The van der Waals surface area contributed by atoms with Crippen molar-refractivity contribution < 1.29 is 14.4 Å². The van der Waals surface area contributed by atoms with Crippen LogP contribution in [0.2, 0.25) is 0 Å². The van der Waals surface area contributed by atoms with E-state index in [4.69, 9.17) is 4.98 Å². The van der Waals surface area contributed by atoms with Crippen molar-refractivity contribution in [3.05, 3.63) is 50.7 Å². The summed E-state index contributed by atoms with van der Waals surface area (Å²) in [7, 11) is 0. The van der Waals surface area contributed by atoms with Gasteiger partial charge in [0.05, 0.1) is 71.1 Å². The summed E-state index contributed by atoms with van der Waals surface area (Å²) in [6, 6.07) is 8.15. The molecule has 11 heteroatoms. The number of aromatic nitrogens is 4. The summed E-state index contributed by atoms with van der Waals surface area (Å²) in [4.78, 5) is 49.9. The van der Waals surface area contributed by atoms with E-state index in [1.54, 1.807) is 22.7 Å². The Morgan fingerprint density at radius 2 is 0.800 bits per heavy atom. The largest absolute Gasteiger partial charge is 0.337 e. The first kappa shape index (κ1) is 63.8. The minimum atomic E-state index is 0.00692. The Balaban J connectivity index is 1.24. The number of thiophene rings is 4. The predicted octanol–water partition coefficient (Wildman–Crippen LogP) is 24.8. The maximum absolute atomic E-state index is 15.4. The number of aldehydes is 2. The number of carbonyl (C=O) groups is 3. The van der Waals surface area contributed by atoms with Gasteiger partial charge >= 0.3 is 0 Å². The monoisotopic (exact) mass is 1220 g/mol. The molecule has 0 bridgehead atoms. The topological polar surface area (TPSA) is 78.9 Å². The second-order valence-corrected chi connectivity index (χ2v) is 30.0. The fourth-order valence-corrected chi connectivity index (χ4v) is 20.4. The van der Waals surface area contributed by atoms with Crippen molar-refractivity contribution in [3.8, 4) is 11.4 Å². The fraction of sp³-hybridized carbons (Fsp3) is 0.622. The number of nitrogens with zero attached hydrogens (tertiary/aromatic N) is 4. The van der Waals surface area contributed by atoms with E-state index in [2.05, 4.69) is 62.8 Å². The summed E-state index contributed by atoms with van der Waals surface area (Å²) in [6.07, 6.45) is 46.4. The van der Waals surface area contributed by atoms with Crippen molar-refractivity contribution in [2.75, 3.05) is 0 Å². The maximum Gasteiger partial charge on any atom is 0.264 e. The first-order valence-corrected chi connectivity index (χ1v) is 38.0. The number of hydrogen-bond donors (Lipinski definition) is 0. The highest BCUT2D eigenvalue weighted by molar-refractivity contribution is 7.35. The summed E-state index contributed by atoms with van der Waals surface area (Å²) < 4.78 is 15.2. The van der Waals surface area contributed by atoms with Gasteiger partial charge in [0.2, 0.25) is 0 Å². The van der Waals surface area contributed by atoms with E-state index in [9.17, 15) is 9.59 Å². The van der Waals surface area contributed by atoms with Gasteiger partial charge in [-0.3, -0.25) is 19.0 Å². The van der Waals surface area contributed by atoms with E-state index in [-0.39, 0.29) is 5.91 Å². The second kappa shape index (κ2) is 31.3. The molecule has 0 aliphatic carbocycles. The van der Waals surface area contributed by atoms with Gasteiger partial charge in [-0.15, -0.1) is 45.3 Å². The van der Waals surface area contributed by atoms with E-state index in [0.717, 1.165) is 94.5 Å². The minimum absolute atomic E-state index is 0.00692. The quantitative estimate of drug-likeness (QED) is 0.0282. The van der Waals surface area contributed by atoms with Gasteiger partial charge in [0.15, 0.2) is 12.6 Å². The maximum atomic E-state index is 15.4. The summed E-state index contributed by atoms with van der Waals surface area (Å²) >= 11 is 7.27. The van der Waals surface area contributed by atoms with Crippen LogP contribution >= 0.6 is 45.3 Å². The van der Waals surface area contributed by atoms with Crippen LogP contribution in [0.25, 0.3) is 83.5 Å². The molecule has 2 aromatic carbocycles. The molecule has 0 radical (unpaired) electrons. The molecule has 2 atom stereocenters. The van der Waals surface area contributed by atoms with Gasteiger partial charge in [-0.25, -0.2) is 4.98 Å². The third-order valence-corrected chi connectivity index (χ3v) is 24.6. The van der Waals surface area contributed by atoms with Gasteiger partial charge in [-0.2, -0.15) is 0 Å². The minimum Gasteiger partial charge on any atom is -0.337 e. The number of carbonyl (C=O) groups excluding carboxylic acids is 3. The van der Waals surface area contributed by atoms with Crippen LogP contribution in [0.15, 0.2) is 24.3 Å². The van der Waals surface area contributed by atoms with Crippen LogP contribution in [-0.4, -0.2) is 37.2 Å². The van der Waals surface area contributed by atoms with E-state index in [0.29, 0.717) is 11.8 Å². The molecule has 85 heavy (non-hydrogen) atoms. The molecule has 0 fully saturated rings. The Hall–Kier alpha value is -4.16. The molecular weight excluding hydrogens is 1120 g/mol. The average molecular weight is 1220 g/mol. The van der Waals surface area contributed by atoms with E-state index in [1.165, 1.54) is 272 Å². The molecule has 8 heterocycles. The molecule has 7 nitrogen and oxygen atoms in total. The van der Waals surface area contributed by atoms with Crippen LogP contribution in [0.4, 0.5) is 0 Å². The predicted molar refractivity (Wildman–Crippen MR) is 374 cm³/mol. The third kappa shape index (κ3) is 13.6. The SMILES string of the molecule is CCCCCCCCCCCc1c(C=O)sc2c1sc1c3c4nc5n(c4c4c6sc7c(CCCCCCCCCCC)c(C=O)sc7c6n(CC(CCCC)CCCCCC)c4c3n(CC(CCCC)CCCCCC)c21)C(=O)c1ccccc1-5. The lowest BCUT2D eigenvalue weighted by molar-refractivity contribution is 0.0972. The smallest absolute Gasteiger partial charge is 0.264 e. The van der Waals surface area contributed by atoms with Gasteiger partial charge in [0.25, 0.3) is 5.91 Å². The van der Waals surface area contributed by atoms with Crippen molar-refractivity contribution in [1.82, 2.24) is 18.7 Å². The van der Waals surface area contributed by atoms with Crippen molar-refractivity contribution in [2.24, 2.45) is 11.8 Å². The molecule has 1 aliphatic rings. The molecule has 0 amide bonds. The number of imidazole rings is 1. The van der Waals surface area contributed by atoms with Crippen molar-refractivity contribution in [1.29, 1.82) is 0 Å². The summed E-state index contributed by atoms with van der Waals surface area (Å²) in [5.41, 5.74) is 11.0. The molecule has 2 unspecified atom stereocenters. The first-order valence-electron chi connectivity index (χ1n) is 34.8. The highest BCUT2D eigenvalue weighted by Crippen LogP contribution is 2.56. The molecule has 1 aliphatic heterocycles. The Morgan fingerprint density at radius 1 is 0.412 bits per heavy atom. The molecule has 0 saturated carbocycles. The summed E-state index contributed by atoms with van der Waals surface area (Å²) in [6.45, 7) is 15.7. The van der Waals surface area contributed by atoms with Gasteiger partial charge < -0.3 is 9.13 Å². The molecule has 7 aromatic heterocycles. The highest BCUT2D eigenvalue weighted by atomic mass is 32.1. The Morgan fingerprint density at radius 3 is 1.25 bits per heavy atom. The first-order chi connectivity index (χ1) is 41.9. The van der Waals surface area contributed by atoms with Gasteiger partial charge in [0, 0.05) is 29.4 Å². The zero-order valence-corrected chi connectivity index (χ0v) is 56.4.